The summed E-state index contributed by atoms with van der Waals surface area (Å²) in [6.07, 6.45) is 1.92. The molecule has 0 saturated heterocycles. The van der Waals surface area contributed by atoms with E-state index in [4.69, 9.17) is 11.6 Å². The maximum absolute atomic E-state index is 12.8. The number of thioether (sulfide) groups is 2. The molecule has 5 nitrogen and oxygen atoms in total. The lowest BCUT2D eigenvalue weighted by molar-refractivity contribution is -0.116. The molecule has 0 bridgehead atoms. The average Bonchev–Trinajstić information content (AvgIpc) is 2.79. The van der Waals surface area contributed by atoms with Crippen molar-refractivity contribution in [3.8, 4) is 0 Å². The number of nitrogens with one attached hydrogen (secondary N) is 1. The van der Waals surface area contributed by atoms with Gasteiger partial charge in [-0.1, -0.05) is 35.9 Å². The number of halogens is 1. The van der Waals surface area contributed by atoms with Crippen LogP contribution < -0.4 is 5.32 Å². The summed E-state index contributed by atoms with van der Waals surface area (Å²) in [4.78, 5) is 14.6. The third-order valence-electron chi connectivity index (χ3n) is 4.60. The minimum atomic E-state index is -3.76. The number of likely N-dealkylation sites (N-methyl/N-ethyl adjacent to an activating group) is 1. The van der Waals surface area contributed by atoms with Gasteiger partial charge >= 0.3 is 0 Å². The minimum absolute atomic E-state index is 0.157. The monoisotopic (exact) mass is 506 g/mol. The molecule has 0 aliphatic rings. The number of para-hydroxylation sites is 1. The van der Waals surface area contributed by atoms with E-state index in [1.165, 1.54) is 18.8 Å². The molecular weight excluding hydrogens is 484 g/mol. The third-order valence-corrected chi connectivity index (χ3v) is 8.56. The number of carbonyl (C=O) groups excluding carboxylic acids is 1. The van der Waals surface area contributed by atoms with Crippen molar-refractivity contribution in [2.24, 2.45) is 0 Å². The predicted molar refractivity (Wildman–Crippen MR) is 134 cm³/mol. The van der Waals surface area contributed by atoms with E-state index in [-0.39, 0.29) is 11.4 Å². The van der Waals surface area contributed by atoms with Crippen molar-refractivity contribution >= 4 is 56.7 Å². The molecule has 9 heteroatoms. The summed E-state index contributed by atoms with van der Waals surface area (Å²) in [5, 5.41) is 3.52. The summed E-state index contributed by atoms with van der Waals surface area (Å²) in [5.74, 6) is 0.307. The van der Waals surface area contributed by atoms with Crippen LogP contribution in [0, 0.1) is 0 Å². The van der Waals surface area contributed by atoms with Gasteiger partial charge in [-0.25, -0.2) is 8.42 Å². The van der Waals surface area contributed by atoms with Crippen LogP contribution in [0.5, 0.6) is 0 Å². The zero-order valence-corrected chi connectivity index (χ0v) is 20.8. The van der Waals surface area contributed by atoms with E-state index in [9.17, 15) is 13.2 Å². The Labute approximate surface area is 202 Å². The number of nitrogens with zero attached hydrogens (tertiary/aromatic N) is 1. The molecule has 0 aliphatic carbocycles. The van der Waals surface area contributed by atoms with Crippen molar-refractivity contribution in [1.82, 2.24) is 4.31 Å². The molecule has 0 fully saturated rings. The van der Waals surface area contributed by atoms with Gasteiger partial charge in [-0.15, -0.1) is 23.5 Å². The van der Waals surface area contributed by atoms with Crippen molar-refractivity contribution < 1.29 is 13.2 Å². The van der Waals surface area contributed by atoms with Crippen LogP contribution in [0.2, 0.25) is 5.02 Å². The lowest BCUT2D eigenvalue weighted by Gasteiger charge is -2.18. The molecule has 0 spiro atoms. The first-order valence-corrected chi connectivity index (χ1v) is 13.7. The molecule has 0 saturated carbocycles. The van der Waals surface area contributed by atoms with Gasteiger partial charge < -0.3 is 5.32 Å². The largest absolute Gasteiger partial charge is 0.324 e. The Bertz CT molecular complexity index is 1170. The maximum Gasteiger partial charge on any atom is 0.243 e. The highest BCUT2D eigenvalue weighted by molar-refractivity contribution is 7.98. The lowest BCUT2D eigenvalue weighted by Crippen LogP contribution is -2.35. The topological polar surface area (TPSA) is 66.5 Å². The van der Waals surface area contributed by atoms with Crippen LogP contribution in [0.1, 0.15) is 5.56 Å². The minimum Gasteiger partial charge on any atom is -0.324 e. The fraction of sp³-hybridized carbons (Fsp3) is 0.174. The summed E-state index contributed by atoms with van der Waals surface area (Å²) in [6.45, 7) is -0.289. The van der Waals surface area contributed by atoms with Crippen LogP contribution in [0.4, 0.5) is 5.69 Å². The zero-order valence-electron chi connectivity index (χ0n) is 17.6. The number of amides is 1. The molecule has 0 aliphatic heterocycles. The Morgan fingerprint density at radius 1 is 1.00 bits per heavy atom. The third kappa shape index (κ3) is 6.52. The van der Waals surface area contributed by atoms with E-state index in [0.717, 1.165) is 19.7 Å². The second-order valence-corrected chi connectivity index (χ2v) is 11.3. The van der Waals surface area contributed by atoms with Crippen LogP contribution in [-0.2, 0) is 20.6 Å². The number of sulfonamides is 1. The van der Waals surface area contributed by atoms with Gasteiger partial charge in [0, 0.05) is 27.6 Å². The lowest BCUT2D eigenvalue weighted by atomic mass is 10.2. The molecule has 3 rings (SSSR count). The van der Waals surface area contributed by atoms with Gasteiger partial charge in [-0.05, 0) is 60.4 Å². The highest BCUT2D eigenvalue weighted by Gasteiger charge is 2.23. The fourth-order valence-corrected chi connectivity index (χ4v) is 5.47. The second kappa shape index (κ2) is 11.2. The van der Waals surface area contributed by atoms with Gasteiger partial charge in [0.1, 0.15) is 0 Å². The van der Waals surface area contributed by atoms with Gasteiger partial charge in [0.15, 0.2) is 0 Å². The highest BCUT2D eigenvalue weighted by atomic mass is 35.5. The molecule has 0 unspecified atom stereocenters. The second-order valence-electron chi connectivity index (χ2n) is 6.90. The smallest absolute Gasteiger partial charge is 0.243 e. The SMILES string of the molecule is CSc1ccc(S(=O)(=O)N(C)CC(=O)Nc2ccccc2SCc2ccc(Cl)cc2)cc1. The first-order chi connectivity index (χ1) is 15.3. The van der Waals surface area contributed by atoms with E-state index in [2.05, 4.69) is 5.32 Å². The number of carbonyl (C=O) groups is 1. The fourth-order valence-electron chi connectivity index (χ4n) is 2.84. The molecule has 1 amide bonds. The Morgan fingerprint density at radius 3 is 2.31 bits per heavy atom. The molecule has 32 heavy (non-hydrogen) atoms. The number of anilines is 1. The summed E-state index contributed by atoms with van der Waals surface area (Å²) in [7, 11) is -2.36. The maximum atomic E-state index is 12.8. The van der Waals surface area contributed by atoms with Gasteiger partial charge in [0.25, 0.3) is 0 Å². The molecule has 168 valence electrons. The quantitative estimate of drug-likeness (QED) is 0.382. The van der Waals surface area contributed by atoms with E-state index in [0.29, 0.717) is 16.5 Å². The Morgan fingerprint density at radius 2 is 1.66 bits per heavy atom. The van der Waals surface area contributed by atoms with Crippen molar-refractivity contribution in [3.05, 3.63) is 83.4 Å². The van der Waals surface area contributed by atoms with Crippen molar-refractivity contribution in [1.29, 1.82) is 0 Å². The number of hydrogen-bond donors (Lipinski definition) is 1. The molecule has 3 aromatic carbocycles. The molecule has 0 radical (unpaired) electrons. The van der Waals surface area contributed by atoms with Crippen molar-refractivity contribution in [2.45, 2.75) is 20.4 Å². The van der Waals surface area contributed by atoms with Gasteiger partial charge in [0.05, 0.1) is 17.1 Å². The van der Waals surface area contributed by atoms with E-state index < -0.39 is 15.9 Å². The van der Waals surface area contributed by atoms with Gasteiger partial charge in [-0.3, -0.25) is 4.79 Å². The zero-order chi connectivity index (χ0) is 23.1. The summed E-state index contributed by atoms with van der Waals surface area (Å²) < 4.78 is 26.6. The van der Waals surface area contributed by atoms with Crippen LogP contribution in [0.25, 0.3) is 0 Å². The van der Waals surface area contributed by atoms with Crippen molar-refractivity contribution in [2.75, 3.05) is 25.2 Å². The van der Waals surface area contributed by atoms with Crippen LogP contribution >= 0.6 is 35.1 Å². The van der Waals surface area contributed by atoms with E-state index in [1.54, 1.807) is 42.1 Å². The molecule has 0 heterocycles. The molecule has 0 aromatic heterocycles. The summed E-state index contributed by atoms with van der Waals surface area (Å²) in [5.41, 5.74) is 1.76. The number of rotatable bonds is 9. The van der Waals surface area contributed by atoms with Gasteiger partial charge in [-0.2, -0.15) is 4.31 Å². The molecular formula is C23H23ClN2O3S3. The van der Waals surface area contributed by atoms with Crippen LogP contribution in [0.3, 0.4) is 0 Å². The highest BCUT2D eigenvalue weighted by Crippen LogP contribution is 2.30. The molecule has 1 N–H and O–H groups in total. The Hall–Kier alpha value is -1.97. The normalized spacial score (nSPS) is 11.5. The first-order valence-electron chi connectivity index (χ1n) is 9.66. The summed E-state index contributed by atoms with van der Waals surface area (Å²) >= 11 is 9.05. The molecule has 3 aromatic rings. The summed E-state index contributed by atoms with van der Waals surface area (Å²) in [6, 6.07) is 21.7. The predicted octanol–water partition coefficient (Wildman–Crippen LogP) is 5.61. The van der Waals surface area contributed by atoms with Gasteiger partial charge in [0.2, 0.25) is 15.9 Å². The van der Waals surface area contributed by atoms with E-state index >= 15 is 0 Å². The Balaban J connectivity index is 1.64. The van der Waals surface area contributed by atoms with Crippen molar-refractivity contribution in [3.63, 3.8) is 0 Å². The van der Waals surface area contributed by atoms with E-state index in [1.807, 2.05) is 48.7 Å². The molecule has 0 atom stereocenters. The number of hydrogen-bond acceptors (Lipinski definition) is 5. The van der Waals surface area contributed by atoms with Crippen LogP contribution in [0.15, 0.2) is 87.5 Å². The first kappa shape index (κ1) is 24.7. The Kier molecular flexibility index (Phi) is 8.67. The van der Waals surface area contributed by atoms with Crippen LogP contribution in [-0.4, -0.2) is 38.5 Å². The standard InChI is InChI=1S/C23H23ClN2O3S3/c1-26(32(28,29)20-13-11-19(30-2)12-14-20)15-23(27)25-21-5-3-4-6-22(21)31-16-17-7-9-18(24)10-8-17/h3-14H,15-16H2,1-2H3,(H,25,27). The average molecular weight is 507 g/mol. The number of benzene rings is 3.